The van der Waals surface area contributed by atoms with Crippen LogP contribution in [0.3, 0.4) is 0 Å². The summed E-state index contributed by atoms with van der Waals surface area (Å²) in [5.41, 5.74) is 1.19. The van der Waals surface area contributed by atoms with Gasteiger partial charge >= 0.3 is 5.97 Å². The zero-order chi connectivity index (χ0) is 15.3. The molecule has 1 rings (SSSR count). The fraction of sp³-hybridized carbons (Fsp3) is 0.588. The number of ether oxygens (including phenoxy) is 2. The first-order valence-electron chi connectivity index (χ1n) is 7.85. The third-order valence-electron chi connectivity index (χ3n) is 3.13. The predicted octanol–water partition coefficient (Wildman–Crippen LogP) is 3.30. The molecule has 0 bridgehead atoms. The first-order valence-corrected chi connectivity index (χ1v) is 7.85. The molecule has 0 saturated carbocycles. The number of unbranched alkanes of at least 4 members (excludes halogenated alkanes) is 2. The Morgan fingerprint density at radius 1 is 1.14 bits per heavy atom. The molecule has 1 aromatic carbocycles. The highest BCUT2D eigenvalue weighted by atomic mass is 16.5. The molecule has 0 fully saturated rings. The van der Waals surface area contributed by atoms with Gasteiger partial charge in [-0.05, 0) is 38.8 Å². The number of benzene rings is 1. The molecule has 0 heterocycles. The maximum Gasteiger partial charge on any atom is 0.305 e. The van der Waals surface area contributed by atoms with Crippen molar-refractivity contribution in [1.82, 2.24) is 5.32 Å². The van der Waals surface area contributed by atoms with Crippen molar-refractivity contribution in [2.24, 2.45) is 0 Å². The highest BCUT2D eigenvalue weighted by Gasteiger charge is 2.03. The van der Waals surface area contributed by atoms with Crippen LogP contribution in [0.15, 0.2) is 24.3 Å². The van der Waals surface area contributed by atoms with Crippen molar-refractivity contribution in [3.8, 4) is 5.75 Å². The predicted molar refractivity (Wildman–Crippen MR) is 84.4 cm³/mol. The molecular weight excluding hydrogens is 266 g/mol. The van der Waals surface area contributed by atoms with Gasteiger partial charge in [-0.15, -0.1) is 0 Å². The van der Waals surface area contributed by atoms with Gasteiger partial charge < -0.3 is 14.8 Å². The van der Waals surface area contributed by atoms with E-state index in [2.05, 4.69) is 18.3 Å². The second-order valence-electron chi connectivity index (χ2n) is 4.85. The van der Waals surface area contributed by atoms with Crippen LogP contribution in [0.5, 0.6) is 5.75 Å². The lowest BCUT2D eigenvalue weighted by Gasteiger charge is -2.11. The lowest BCUT2D eigenvalue weighted by atomic mass is 10.2. The van der Waals surface area contributed by atoms with Gasteiger partial charge in [0.1, 0.15) is 5.75 Å². The Hall–Kier alpha value is -1.55. The molecule has 0 atom stereocenters. The van der Waals surface area contributed by atoms with Gasteiger partial charge in [-0.25, -0.2) is 0 Å². The molecule has 0 amide bonds. The van der Waals surface area contributed by atoms with Crippen molar-refractivity contribution < 1.29 is 14.3 Å². The fourth-order valence-corrected chi connectivity index (χ4v) is 2.01. The van der Waals surface area contributed by atoms with Crippen molar-refractivity contribution in [3.05, 3.63) is 29.8 Å². The van der Waals surface area contributed by atoms with E-state index in [-0.39, 0.29) is 5.97 Å². The number of para-hydroxylation sites is 1. The molecule has 0 aromatic heterocycles. The molecule has 0 aliphatic carbocycles. The quantitative estimate of drug-likeness (QED) is 0.502. The van der Waals surface area contributed by atoms with Crippen LogP contribution in [0.25, 0.3) is 0 Å². The van der Waals surface area contributed by atoms with Gasteiger partial charge in [-0.2, -0.15) is 0 Å². The van der Waals surface area contributed by atoms with Gasteiger partial charge in [0, 0.05) is 18.5 Å². The third-order valence-corrected chi connectivity index (χ3v) is 3.13. The average Bonchev–Trinajstić information content (AvgIpc) is 2.50. The maximum absolute atomic E-state index is 11.2. The smallest absolute Gasteiger partial charge is 0.305 e. The summed E-state index contributed by atoms with van der Waals surface area (Å²) < 4.78 is 10.7. The van der Waals surface area contributed by atoms with E-state index < -0.39 is 0 Å². The van der Waals surface area contributed by atoms with Crippen molar-refractivity contribution >= 4 is 5.97 Å². The van der Waals surface area contributed by atoms with Crippen molar-refractivity contribution in [2.75, 3.05) is 19.8 Å². The Morgan fingerprint density at radius 3 is 2.71 bits per heavy atom. The molecule has 4 nitrogen and oxygen atoms in total. The van der Waals surface area contributed by atoms with Crippen molar-refractivity contribution in [1.29, 1.82) is 0 Å². The van der Waals surface area contributed by atoms with Gasteiger partial charge in [0.25, 0.3) is 0 Å². The van der Waals surface area contributed by atoms with Crippen LogP contribution in [0, 0.1) is 0 Å². The monoisotopic (exact) mass is 293 g/mol. The minimum absolute atomic E-state index is 0.102. The molecule has 0 radical (unpaired) electrons. The van der Waals surface area contributed by atoms with Gasteiger partial charge in [0.15, 0.2) is 0 Å². The van der Waals surface area contributed by atoms with Gasteiger partial charge in [0.2, 0.25) is 0 Å². The molecule has 118 valence electrons. The van der Waals surface area contributed by atoms with E-state index in [9.17, 15) is 4.79 Å². The summed E-state index contributed by atoms with van der Waals surface area (Å²) in [6, 6.07) is 8.11. The topological polar surface area (TPSA) is 47.6 Å². The molecular formula is C17H27NO3. The minimum atomic E-state index is -0.102. The molecule has 0 aliphatic rings. The summed E-state index contributed by atoms with van der Waals surface area (Å²) in [5.74, 6) is 0.846. The van der Waals surface area contributed by atoms with Crippen LogP contribution >= 0.6 is 0 Å². The van der Waals surface area contributed by atoms with Crippen molar-refractivity contribution in [2.45, 2.75) is 46.1 Å². The van der Waals surface area contributed by atoms with Crippen LogP contribution in [-0.2, 0) is 16.1 Å². The first kappa shape index (κ1) is 17.5. The second-order valence-corrected chi connectivity index (χ2v) is 4.85. The summed E-state index contributed by atoms with van der Waals surface area (Å²) in [7, 11) is 0. The number of carbonyl (C=O) groups excluding carboxylic acids is 1. The van der Waals surface area contributed by atoms with Crippen LogP contribution < -0.4 is 10.1 Å². The van der Waals surface area contributed by atoms with Crippen molar-refractivity contribution in [3.63, 3.8) is 0 Å². The summed E-state index contributed by atoms with van der Waals surface area (Å²) >= 11 is 0. The van der Waals surface area contributed by atoms with E-state index in [1.165, 1.54) is 5.56 Å². The standard InChI is InChI=1S/C17H27NO3/c1-3-18-14-15-10-7-8-11-16(15)21-13-9-5-6-12-17(19)20-4-2/h7-8,10-11,18H,3-6,9,12-14H2,1-2H3. The Bertz CT molecular complexity index is 407. The van der Waals surface area contributed by atoms with E-state index >= 15 is 0 Å². The van der Waals surface area contributed by atoms with E-state index in [1.807, 2.05) is 25.1 Å². The second kappa shape index (κ2) is 11.1. The Morgan fingerprint density at radius 2 is 1.95 bits per heavy atom. The molecule has 0 saturated heterocycles. The Labute approximate surface area is 127 Å². The molecule has 0 aliphatic heterocycles. The number of hydrogen-bond donors (Lipinski definition) is 1. The summed E-state index contributed by atoms with van der Waals surface area (Å²) in [6.45, 7) is 6.85. The van der Waals surface area contributed by atoms with Crippen LogP contribution in [0.2, 0.25) is 0 Å². The molecule has 1 aromatic rings. The molecule has 4 heteroatoms. The lowest BCUT2D eigenvalue weighted by molar-refractivity contribution is -0.143. The van der Waals surface area contributed by atoms with E-state index in [1.54, 1.807) is 0 Å². The highest BCUT2D eigenvalue weighted by Crippen LogP contribution is 2.18. The van der Waals surface area contributed by atoms with Gasteiger partial charge in [0.05, 0.1) is 13.2 Å². The van der Waals surface area contributed by atoms with Gasteiger partial charge in [-0.1, -0.05) is 25.1 Å². The van der Waals surface area contributed by atoms with Crippen LogP contribution in [-0.4, -0.2) is 25.7 Å². The summed E-state index contributed by atoms with van der Waals surface area (Å²) in [4.78, 5) is 11.2. The number of hydrogen-bond acceptors (Lipinski definition) is 4. The third kappa shape index (κ3) is 7.71. The number of esters is 1. The normalized spacial score (nSPS) is 10.4. The van der Waals surface area contributed by atoms with E-state index in [0.29, 0.717) is 19.6 Å². The number of carbonyl (C=O) groups is 1. The zero-order valence-electron chi connectivity index (χ0n) is 13.2. The average molecular weight is 293 g/mol. The summed E-state index contributed by atoms with van der Waals surface area (Å²) in [6.07, 6.45) is 3.30. The number of rotatable bonds is 11. The zero-order valence-corrected chi connectivity index (χ0v) is 13.2. The molecule has 1 N–H and O–H groups in total. The maximum atomic E-state index is 11.2. The first-order chi connectivity index (χ1) is 10.3. The fourth-order valence-electron chi connectivity index (χ4n) is 2.01. The SMILES string of the molecule is CCNCc1ccccc1OCCCCCC(=O)OCC. The lowest BCUT2D eigenvalue weighted by Crippen LogP contribution is -2.13. The van der Waals surface area contributed by atoms with Crippen LogP contribution in [0.1, 0.15) is 45.1 Å². The largest absolute Gasteiger partial charge is 0.493 e. The van der Waals surface area contributed by atoms with E-state index in [0.717, 1.165) is 38.1 Å². The van der Waals surface area contributed by atoms with Gasteiger partial charge in [-0.3, -0.25) is 4.79 Å². The number of nitrogens with one attached hydrogen (secondary N) is 1. The molecule has 0 unspecified atom stereocenters. The summed E-state index contributed by atoms with van der Waals surface area (Å²) in [5, 5.41) is 3.31. The minimum Gasteiger partial charge on any atom is -0.493 e. The Balaban J connectivity index is 2.19. The Kier molecular flexibility index (Phi) is 9.29. The van der Waals surface area contributed by atoms with E-state index in [4.69, 9.17) is 9.47 Å². The molecule has 21 heavy (non-hydrogen) atoms. The molecule has 0 spiro atoms. The van der Waals surface area contributed by atoms with Crippen LogP contribution in [0.4, 0.5) is 0 Å². The highest BCUT2D eigenvalue weighted by molar-refractivity contribution is 5.69.